The first-order valence-corrected chi connectivity index (χ1v) is 8.52. The maximum atomic E-state index is 13.2. The van der Waals surface area contributed by atoms with E-state index in [0.717, 1.165) is 5.69 Å². The SMILES string of the molecule is COC(=O)c1ccc(Nc2ccc(C(=O)Nc3ccc(F)c(Cl)c3)nc2)cc1. The van der Waals surface area contributed by atoms with Crippen molar-refractivity contribution in [3.63, 3.8) is 0 Å². The third-order valence-electron chi connectivity index (χ3n) is 3.77. The molecule has 1 aromatic heterocycles. The van der Waals surface area contributed by atoms with Crippen LogP contribution < -0.4 is 10.6 Å². The van der Waals surface area contributed by atoms with Crippen LogP contribution in [0.1, 0.15) is 20.8 Å². The number of pyridine rings is 1. The number of benzene rings is 2. The van der Waals surface area contributed by atoms with Gasteiger partial charge in [-0.2, -0.15) is 0 Å². The Morgan fingerprint density at radius 3 is 2.29 bits per heavy atom. The molecule has 0 saturated carbocycles. The Morgan fingerprint density at radius 1 is 1.00 bits per heavy atom. The van der Waals surface area contributed by atoms with E-state index in [2.05, 4.69) is 20.4 Å². The molecule has 0 atom stereocenters. The maximum Gasteiger partial charge on any atom is 0.337 e. The highest BCUT2D eigenvalue weighted by atomic mass is 35.5. The Labute approximate surface area is 165 Å². The normalized spacial score (nSPS) is 10.2. The minimum Gasteiger partial charge on any atom is -0.465 e. The second-order valence-electron chi connectivity index (χ2n) is 5.71. The first kappa shape index (κ1) is 19.3. The fraction of sp³-hybridized carbons (Fsp3) is 0.0500. The zero-order chi connectivity index (χ0) is 20.1. The molecule has 3 aromatic rings. The van der Waals surface area contributed by atoms with Crippen LogP contribution in [0.15, 0.2) is 60.8 Å². The molecule has 3 rings (SSSR count). The molecule has 0 unspecified atom stereocenters. The van der Waals surface area contributed by atoms with Gasteiger partial charge in [0.15, 0.2) is 0 Å². The maximum absolute atomic E-state index is 13.2. The smallest absolute Gasteiger partial charge is 0.337 e. The van der Waals surface area contributed by atoms with Crippen molar-refractivity contribution in [1.29, 1.82) is 0 Å². The van der Waals surface area contributed by atoms with Gasteiger partial charge in [0.05, 0.1) is 29.6 Å². The molecule has 2 aromatic carbocycles. The first-order chi connectivity index (χ1) is 13.5. The van der Waals surface area contributed by atoms with Crippen molar-refractivity contribution in [1.82, 2.24) is 4.98 Å². The average Bonchev–Trinajstić information content (AvgIpc) is 2.71. The second kappa shape index (κ2) is 8.49. The number of hydrogen-bond acceptors (Lipinski definition) is 5. The molecule has 0 radical (unpaired) electrons. The van der Waals surface area contributed by atoms with Gasteiger partial charge in [0.2, 0.25) is 0 Å². The van der Waals surface area contributed by atoms with E-state index in [9.17, 15) is 14.0 Å². The lowest BCUT2D eigenvalue weighted by atomic mass is 10.2. The van der Waals surface area contributed by atoms with E-state index in [0.29, 0.717) is 16.9 Å². The highest BCUT2D eigenvalue weighted by Gasteiger charge is 2.10. The number of carbonyl (C=O) groups excluding carboxylic acids is 2. The van der Waals surface area contributed by atoms with Gasteiger partial charge in [0, 0.05) is 11.4 Å². The number of aromatic nitrogens is 1. The molecule has 8 heteroatoms. The summed E-state index contributed by atoms with van der Waals surface area (Å²) in [6, 6.07) is 13.9. The van der Waals surface area contributed by atoms with Crippen LogP contribution in [0.3, 0.4) is 0 Å². The predicted molar refractivity (Wildman–Crippen MR) is 105 cm³/mol. The average molecular weight is 400 g/mol. The van der Waals surface area contributed by atoms with E-state index in [1.165, 1.54) is 31.5 Å². The number of nitrogens with one attached hydrogen (secondary N) is 2. The van der Waals surface area contributed by atoms with Crippen molar-refractivity contribution in [3.05, 3.63) is 82.9 Å². The second-order valence-corrected chi connectivity index (χ2v) is 6.12. The number of rotatable bonds is 5. The van der Waals surface area contributed by atoms with Crippen LogP contribution in [0.5, 0.6) is 0 Å². The molecule has 28 heavy (non-hydrogen) atoms. The van der Waals surface area contributed by atoms with Gasteiger partial charge in [-0.3, -0.25) is 4.79 Å². The third kappa shape index (κ3) is 4.63. The zero-order valence-electron chi connectivity index (χ0n) is 14.7. The van der Waals surface area contributed by atoms with Crippen molar-refractivity contribution in [2.45, 2.75) is 0 Å². The number of amides is 1. The summed E-state index contributed by atoms with van der Waals surface area (Å²) in [7, 11) is 1.32. The molecular formula is C20H15ClFN3O3. The quantitative estimate of drug-likeness (QED) is 0.610. The summed E-state index contributed by atoms with van der Waals surface area (Å²) < 4.78 is 17.8. The lowest BCUT2D eigenvalue weighted by Gasteiger charge is -2.08. The number of halogens is 2. The van der Waals surface area contributed by atoms with Gasteiger partial charge in [-0.25, -0.2) is 14.2 Å². The van der Waals surface area contributed by atoms with Crippen LogP contribution in [-0.4, -0.2) is 24.0 Å². The largest absolute Gasteiger partial charge is 0.465 e. The molecule has 1 amide bonds. The molecular weight excluding hydrogens is 385 g/mol. The van der Waals surface area contributed by atoms with E-state index in [1.807, 2.05) is 0 Å². The topological polar surface area (TPSA) is 80.3 Å². The third-order valence-corrected chi connectivity index (χ3v) is 4.06. The molecule has 0 aliphatic rings. The van der Waals surface area contributed by atoms with Gasteiger partial charge < -0.3 is 15.4 Å². The Morgan fingerprint density at radius 2 is 1.68 bits per heavy atom. The van der Waals surface area contributed by atoms with Crippen LogP contribution in [-0.2, 0) is 4.74 Å². The number of anilines is 3. The van der Waals surface area contributed by atoms with E-state index >= 15 is 0 Å². The molecule has 0 spiro atoms. The molecule has 0 aliphatic heterocycles. The molecule has 142 valence electrons. The standard InChI is InChI=1S/C20H15ClFN3O3/c1-28-20(27)12-2-4-13(5-3-12)24-15-7-9-18(23-11-15)19(26)25-14-6-8-17(22)16(21)10-14/h2-11,24H,1H3,(H,25,26). The molecule has 0 saturated heterocycles. The zero-order valence-corrected chi connectivity index (χ0v) is 15.5. The molecule has 1 heterocycles. The Balaban J connectivity index is 1.64. The highest BCUT2D eigenvalue weighted by Crippen LogP contribution is 2.20. The Bertz CT molecular complexity index is 1010. The molecule has 0 fully saturated rings. The van der Waals surface area contributed by atoms with E-state index in [4.69, 9.17) is 11.6 Å². The van der Waals surface area contributed by atoms with Gasteiger partial charge in [0.1, 0.15) is 11.5 Å². The predicted octanol–water partition coefficient (Wildman–Crippen LogP) is 4.66. The summed E-state index contributed by atoms with van der Waals surface area (Å²) in [6.07, 6.45) is 1.50. The van der Waals surface area contributed by atoms with Gasteiger partial charge in [-0.1, -0.05) is 11.6 Å². The summed E-state index contributed by atoms with van der Waals surface area (Å²) in [5.41, 5.74) is 2.40. The number of ether oxygens (including phenoxy) is 1. The highest BCUT2D eigenvalue weighted by molar-refractivity contribution is 6.31. The van der Waals surface area contributed by atoms with Crippen molar-refractivity contribution in [2.75, 3.05) is 17.7 Å². The number of esters is 1. The molecule has 2 N–H and O–H groups in total. The summed E-state index contributed by atoms with van der Waals surface area (Å²) >= 11 is 5.70. The van der Waals surface area contributed by atoms with E-state index < -0.39 is 17.7 Å². The summed E-state index contributed by atoms with van der Waals surface area (Å²) in [6.45, 7) is 0. The van der Waals surface area contributed by atoms with Crippen LogP contribution in [0.25, 0.3) is 0 Å². The number of carbonyl (C=O) groups is 2. The first-order valence-electron chi connectivity index (χ1n) is 8.14. The number of nitrogens with zero attached hydrogens (tertiary/aromatic N) is 1. The Hall–Kier alpha value is -3.45. The summed E-state index contributed by atoms with van der Waals surface area (Å²) in [5.74, 6) is -1.42. The van der Waals surface area contributed by atoms with Crippen molar-refractivity contribution < 1.29 is 18.7 Å². The summed E-state index contributed by atoms with van der Waals surface area (Å²) in [5, 5.41) is 5.63. The van der Waals surface area contributed by atoms with Gasteiger partial charge in [-0.05, 0) is 54.6 Å². The molecule has 6 nitrogen and oxygen atoms in total. The minimum absolute atomic E-state index is 0.0801. The molecule has 0 aliphatic carbocycles. The molecule has 0 bridgehead atoms. The van der Waals surface area contributed by atoms with Crippen molar-refractivity contribution in [3.8, 4) is 0 Å². The number of methoxy groups -OCH3 is 1. The van der Waals surface area contributed by atoms with Crippen molar-refractivity contribution in [2.24, 2.45) is 0 Å². The Kier molecular flexibility index (Phi) is 5.86. The van der Waals surface area contributed by atoms with E-state index in [-0.39, 0.29) is 10.7 Å². The fourth-order valence-electron chi connectivity index (χ4n) is 2.35. The van der Waals surface area contributed by atoms with Gasteiger partial charge >= 0.3 is 5.97 Å². The van der Waals surface area contributed by atoms with Crippen LogP contribution in [0.4, 0.5) is 21.5 Å². The van der Waals surface area contributed by atoms with Crippen LogP contribution >= 0.6 is 11.6 Å². The minimum atomic E-state index is -0.562. The lowest BCUT2D eigenvalue weighted by Crippen LogP contribution is -2.13. The van der Waals surface area contributed by atoms with Crippen molar-refractivity contribution >= 4 is 40.5 Å². The van der Waals surface area contributed by atoms with Crippen LogP contribution in [0, 0.1) is 5.82 Å². The summed E-state index contributed by atoms with van der Waals surface area (Å²) in [4.78, 5) is 27.8. The van der Waals surface area contributed by atoms with Crippen LogP contribution in [0.2, 0.25) is 5.02 Å². The number of hydrogen-bond donors (Lipinski definition) is 2. The fourth-order valence-corrected chi connectivity index (χ4v) is 2.53. The van der Waals surface area contributed by atoms with Gasteiger partial charge in [0.25, 0.3) is 5.91 Å². The van der Waals surface area contributed by atoms with Gasteiger partial charge in [-0.15, -0.1) is 0 Å². The lowest BCUT2D eigenvalue weighted by molar-refractivity contribution is 0.0600. The van der Waals surface area contributed by atoms with E-state index in [1.54, 1.807) is 36.4 Å². The monoisotopic (exact) mass is 399 g/mol.